The van der Waals surface area contributed by atoms with E-state index in [9.17, 15) is 9.59 Å². The van der Waals surface area contributed by atoms with Gasteiger partial charge in [-0.15, -0.1) is 0 Å². The minimum absolute atomic E-state index is 0.145. The van der Waals surface area contributed by atoms with Gasteiger partial charge in [0.2, 0.25) is 0 Å². The third-order valence-electron chi connectivity index (χ3n) is 3.08. The molecule has 2 N–H and O–H groups in total. The number of rotatable bonds is 5. The average Bonchev–Trinajstić information content (AvgIpc) is 2.77. The van der Waals surface area contributed by atoms with E-state index < -0.39 is 23.6 Å². The van der Waals surface area contributed by atoms with Gasteiger partial charge < -0.3 is 14.6 Å². The fourth-order valence-corrected chi connectivity index (χ4v) is 2.88. The van der Waals surface area contributed by atoms with E-state index in [-0.39, 0.29) is 10.6 Å². The second-order valence-corrected chi connectivity index (χ2v) is 7.08. The second-order valence-electron chi connectivity index (χ2n) is 5.93. The molecular formula is C15H17NO5S. The molecule has 0 bridgehead atoms. The van der Waals surface area contributed by atoms with Crippen LogP contribution in [0.3, 0.4) is 0 Å². The number of carbonyl (C=O) groups is 2. The van der Waals surface area contributed by atoms with Crippen LogP contribution >= 0.6 is 11.8 Å². The van der Waals surface area contributed by atoms with Crippen LogP contribution in [0.2, 0.25) is 0 Å². The molecule has 1 aromatic heterocycles. The molecule has 7 heteroatoms. The van der Waals surface area contributed by atoms with Crippen molar-refractivity contribution in [3.8, 4) is 0 Å². The normalized spacial score (nSPS) is 13.2. The summed E-state index contributed by atoms with van der Waals surface area (Å²) >= 11 is 0.812. The van der Waals surface area contributed by atoms with Crippen LogP contribution in [-0.4, -0.2) is 32.4 Å². The van der Waals surface area contributed by atoms with Crippen LogP contribution in [0.4, 0.5) is 0 Å². The van der Waals surface area contributed by atoms with Gasteiger partial charge in [-0.05, 0) is 11.5 Å². The highest BCUT2D eigenvalue weighted by Gasteiger charge is 2.26. The van der Waals surface area contributed by atoms with Gasteiger partial charge in [-0.1, -0.05) is 44.7 Å². The van der Waals surface area contributed by atoms with Crippen molar-refractivity contribution in [2.24, 2.45) is 0 Å². The van der Waals surface area contributed by atoms with Gasteiger partial charge >= 0.3 is 11.9 Å². The van der Waals surface area contributed by atoms with E-state index in [1.54, 1.807) is 6.07 Å². The molecule has 6 nitrogen and oxygen atoms in total. The predicted octanol–water partition coefficient (Wildman–Crippen LogP) is 3.15. The number of hydrogen-bond donors (Lipinski definition) is 2. The molecule has 1 heterocycles. The van der Waals surface area contributed by atoms with Crippen LogP contribution in [0.25, 0.3) is 11.1 Å². The van der Waals surface area contributed by atoms with Gasteiger partial charge in [0.25, 0.3) is 5.22 Å². The van der Waals surface area contributed by atoms with E-state index >= 15 is 0 Å². The first-order chi connectivity index (χ1) is 10.2. The number of thioether (sulfide) groups is 1. The number of carboxylic acid groups (broad SMARTS) is 2. The smallest absolute Gasteiger partial charge is 0.317 e. The number of para-hydroxylation sites is 1. The molecule has 118 valence electrons. The van der Waals surface area contributed by atoms with Crippen molar-refractivity contribution >= 4 is 34.8 Å². The third kappa shape index (κ3) is 3.59. The molecule has 0 saturated carbocycles. The number of carboxylic acids is 2. The van der Waals surface area contributed by atoms with Crippen LogP contribution < -0.4 is 0 Å². The fraction of sp³-hybridized carbons (Fsp3) is 0.400. The van der Waals surface area contributed by atoms with Crippen molar-refractivity contribution in [3.63, 3.8) is 0 Å². The van der Waals surface area contributed by atoms with E-state index in [0.717, 1.165) is 17.3 Å². The maximum absolute atomic E-state index is 11.1. The van der Waals surface area contributed by atoms with Crippen molar-refractivity contribution in [2.45, 2.75) is 43.1 Å². The van der Waals surface area contributed by atoms with Crippen LogP contribution in [-0.2, 0) is 15.0 Å². The zero-order valence-corrected chi connectivity index (χ0v) is 13.3. The summed E-state index contributed by atoms with van der Waals surface area (Å²) < 4.78 is 5.68. The van der Waals surface area contributed by atoms with Crippen LogP contribution in [0.15, 0.2) is 27.8 Å². The van der Waals surface area contributed by atoms with E-state index in [0.29, 0.717) is 11.1 Å². The van der Waals surface area contributed by atoms with Gasteiger partial charge in [-0.2, -0.15) is 0 Å². The van der Waals surface area contributed by atoms with Gasteiger partial charge in [0.1, 0.15) is 10.8 Å². The molecule has 0 fully saturated rings. The average molecular weight is 323 g/mol. The number of nitrogens with zero attached hydrogens (tertiary/aromatic N) is 1. The molecule has 0 amide bonds. The van der Waals surface area contributed by atoms with Gasteiger partial charge in [0.05, 0.1) is 6.42 Å². The van der Waals surface area contributed by atoms with Crippen LogP contribution in [0.1, 0.15) is 32.8 Å². The summed E-state index contributed by atoms with van der Waals surface area (Å²) in [5.41, 5.74) is 2.06. The number of benzene rings is 1. The molecule has 0 radical (unpaired) electrons. The van der Waals surface area contributed by atoms with Gasteiger partial charge in [0, 0.05) is 5.56 Å². The monoisotopic (exact) mass is 323 g/mol. The number of fused-ring (bicyclic) bond motifs is 1. The van der Waals surface area contributed by atoms with Gasteiger partial charge in [0.15, 0.2) is 5.58 Å². The standard InChI is InChI=1S/C15H17NO5S/c1-15(2,3)8-5-4-6-9-12(8)21-14(16-9)22-10(13(19)20)7-11(17)18/h4-6,10H,7H2,1-3H3,(H,17,18)(H,19,20). The van der Waals surface area contributed by atoms with E-state index in [4.69, 9.17) is 14.6 Å². The molecule has 0 aliphatic rings. The highest BCUT2D eigenvalue weighted by atomic mass is 32.2. The molecule has 0 spiro atoms. The topological polar surface area (TPSA) is 101 Å². The summed E-state index contributed by atoms with van der Waals surface area (Å²) in [7, 11) is 0. The Hall–Kier alpha value is -2.02. The first kappa shape index (κ1) is 16.4. The van der Waals surface area contributed by atoms with Gasteiger partial charge in [-0.3, -0.25) is 9.59 Å². The summed E-state index contributed by atoms with van der Waals surface area (Å²) in [6.45, 7) is 6.13. The Morgan fingerprint density at radius 1 is 1.32 bits per heavy atom. The molecular weight excluding hydrogens is 306 g/mol. The van der Waals surface area contributed by atoms with Crippen LogP contribution in [0.5, 0.6) is 0 Å². The maximum atomic E-state index is 11.1. The predicted molar refractivity (Wildman–Crippen MR) is 82.2 cm³/mol. The van der Waals surface area contributed by atoms with Gasteiger partial charge in [-0.25, -0.2) is 4.98 Å². The quantitative estimate of drug-likeness (QED) is 0.815. The third-order valence-corrected chi connectivity index (χ3v) is 4.11. The van der Waals surface area contributed by atoms with E-state index in [2.05, 4.69) is 4.98 Å². The zero-order chi connectivity index (χ0) is 16.5. The summed E-state index contributed by atoms with van der Waals surface area (Å²) in [5.74, 6) is -2.38. The SMILES string of the molecule is CC(C)(C)c1cccc2nc(SC(CC(=O)O)C(=O)O)oc12. The number of hydrogen-bond acceptors (Lipinski definition) is 5. The number of aliphatic carboxylic acids is 2. The molecule has 22 heavy (non-hydrogen) atoms. The Balaban J connectivity index is 2.37. The lowest BCUT2D eigenvalue weighted by Crippen LogP contribution is -2.20. The maximum Gasteiger partial charge on any atom is 0.317 e. The lowest BCUT2D eigenvalue weighted by molar-refractivity contribution is -0.142. The Labute approximate surface area is 131 Å². The summed E-state index contributed by atoms with van der Waals surface area (Å²) in [5, 5.41) is 16.9. The Kier molecular flexibility index (Phi) is 4.46. The number of oxazole rings is 1. The molecule has 2 aromatic rings. The van der Waals surface area contributed by atoms with Crippen molar-refractivity contribution in [3.05, 3.63) is 23.8 Å². The molecule has 1 aromatic carbocycles. The molecule has 0 aliphatic heterocycles. The van der Waals surface area contributed by atoms with E-state index in [1.807, 2.05) is 32.9 Å². The lowest BCUT2D eigenvalue weighted by atomic mass is 9.86. The minimum atomic E-state index is -1.20. The highest BCUT2D eigenvalue weighted by molar-refractivity contribution is 8.00. The van der Waals surface area contributed by atoms with Crippen LogP contribution in [0, 0.1) is 0 Å². The Bertz CT molecular complexity index is 716. The summed E-state index contributed by atoms with van der Waals surface area (Å²) in [4.78, 5) is 26.1. The highest BCUT2D eigenvalue weighted by Crippen LogP contribution is 2.34. The summed E-state index contributed by atoms with van der Waals surface area (Å²) in [6, 6.07) is 5.59. The molecule has 1 unspecified atom stereocenters. The Morgan fingerprint density at radius 3 is 2.55 bits per heavy atom. The molecule has 0 saturated heterocycles. The molecule has 1 atom stereocenters. The lowest BCUT2D eigenvalue weighted by Gasteiger charge is -2.18. The van der Waals surface area contributed by atoms with Crippen molar-refractivity contribution in [1.29, 1.82) is 0 Å². The minimum Gasteiger partial charge on any atom is -0.481 e. The zero-order valence-electron chi connectivity index (χ0n) is 12.5. The van der Waals surface area contributed by atoms with Crippen molar-refractivity contribution in [1.82, 2.24) is 4.98 Å². The first-order valence-electron chi connectivity index (χ1n) is 6.70. The van der Waals surface area contributed by atoms with E-state index in [1.165, 1.54) is 0 Å². The first-order valence-corrected chi connectivity index (χ1v) is 7.57. The number of aromatic nitrogens is 1. The second kappa shape index (κ2) is 6.00. The largest absolute Gasteiger partial charge is 0.481 e. The molecule has 2 rings (SSSR count). The molecule has 0 aliphatic carbocycles. The van der Waals surface area contributed by atoms with Crippen molar-refractivity contribution in [2.75, 3.05) is 0 Å². The Morgan fingerprint density at radius 2 is 2.00 bits per heavy atom. The fourth-order valence-electron chi connectivity index (χ4n) is 2.03. The van der Waals surface area contributed by atoms with Crippen molar-refractivity contribution < 1.29 is 24.2 Å². The summed E-state index contributed by atoms with van der Waals surface area (Å²) in [6.07, 6.45) is -0.495.